The third kappa shape index (κ3) is 1.63. The number of fused-ring (bicyclic) bond motifs is 1. The number of hydrogen-bond acceptors (Lipinski definition) is 3. The Morgan fingerprint density at radius 3 is 3.00 bits per heavy atom. The van der Waals surface area contributed by atoms with Crippen LogP contribution in [0.4, 0.5) is 0 Å². The van der Waals surface area contributed by atoms with Crippen molar-refractivity contribution in [2.24, 2.45) is 0 Å². The summed E-state index contributed by atoms with van der Waals surface area (Å²) in [6.45, 7) is 0.683. The molecule has 4 nitrogen and oxygen atoms in total. The van der Waals surface area contributed by atoms with Crippen LogP contribution < -0.4 is 9.47 Å². The van der Waals surface area contributed by atoms with Crippen LogP contribution in [-0.4, -0.2) is 24.8 Å². The van der Waals surface area contributed by atoms with Crippen molar-refractivity contribution in [1.29, 1.82) is 0 Å². The molecule has 2 rings (SSSR count). The van der Waals surface area contributed by atoms with E-state index in [2.05, 4.69) is 0 Å². The normalized spacial score (nSPS) is 13.9. The SMILES string of the molecule is COc1c(C(=O)O)ccc2c1CCCO2. The second-order valence-electron chi connectivity index (χ2n) is 3.38. The van der Waals surface area contributed by atoms with Gasteiger partial charge in [-0.25, -0.2) is 4.79 Å². The maximum atomic E-state index is 10.9. The maximum Gasteiger partial charge on any atom is 0.339 e. The van der Waals surface area contributed by atoms with Gasteiger partial charge in [0.2, 0.25) is 0 Å². The van der Waals surface area contributed by atoms with Crippen LogP contribution in [0.2, 0.25) is 0 Å². The van der Waals surface area contributed by atoms with Crippen molar-refractivity contribution in [3.8, 4) is 11.5 Å². The standard InChI is InChI=1S/C11H12O4/c1-14-10-7-3-2-6-15-9(7)5-4-8(10)11(12)13/h4-5H,2-3,6H2,1H3,(H,12,13). The molecule has 0 aliphatic carbocycles. The smallest absolute Gasteiger partial charge is 0.339 e. The monoisotopic (exact) mass is 208 g/mol. The van der Waals surface area contributed by atoms with E-state index >= 15 is 0 Å². The molecule has 0 amide bonds. The summed E-state index contributed by atoms with van der Waals surface area (Å²) < 4.78 is 10.6. The minimum absolute atomic E-state index is 0.196. The fourth-order valence-electron chi connectivity index (χ4n) is 1.81. The molecule has 0 fully saturated rings. The molecule has 0 saturated carbocycles. The van der Waals surface area contributed by atoms with Crippen molar-refractivity contribution in [1.82, 2.24) is 0 Å². The highest BCUT2D eigenvalue weighted by Crippen LogP contribution is 2.35. The van der Waals surface area contributed by atoms with E-state index in [1.807, 2.05) is 0 Å². The number of aromatic carboxylic acids is 1. The third-order valence-electron chi connectivity index (χ3n) is 2.48. The van der Waals surface area contributed by atoms with Gasteiger partial charge in [-0.05, 0) is 25.0 Å². The van der Waals surface area contributed by atoms with E-state index in [0.29, 0.717) is 12.4 Å². The molecule has 0 saturated heterocycles. The Hall–Kier alpha value is -1.71. The van der Waals surface area contributed by atoms with Gasteiger partial charge in [-0.3, -0.25) is 0 Å². The first-order valence-electron chi connectivity index (χ1n) is 4.80. The molecule has 0 atom stereocenters. The van der Waals surface area contributed by atoms with Crippen molar-refractivity contribution in [2.75, 3.05) is 13.7 Å². The average molecular weight is 208 g/mol. The van der Waals surface area contributed by atoms with Gasteiger partial charge < -0.3 is 14.6 Å². The minimum atomic E-state index is -0.972. The quantitative estimate of drug-likeness (QED) is 0.803. The van der Waals surface area contributed by atoms with Crippen molar-refractivity contribution in [2.45, 2.75) is 12.8 Å². The molecule has 1 aliphatic heterocycles. The summed E-state index contributed by atoms with van der Waals surface area (Å²) in [7, 11) is 1.48. The van der Waals surface area contributed by atoms with Gasteiger partial charge in [0.1, 0.15) is 17.1 Å². The Balaban J connectivity index is 2.56. The third-order valence-corrected chi connectivity index (χ3v) is 2.48. The summed E-state index contributed by atoms with van der Waals surface area (Å²) >= 11 is 0. The predicted molar refractivity (Wildman–Crippen MR) is 53.8 cm³/mol. The van der Waals surface area contributed by atoms with Crippen molar-refractivity contribution < 1.29 is 19.4 Å². The van der Waals surface area contributed by atoms with Crippen LogP contribution in [0.25, 0.3) is 0 Å². The molecule has 0 unspecified atom stereocenters. The van der Waals surface area contributed by atoms with E-state index in [9.17, 15) is 4.79 Å². The molecule has 15 heavy (non-hydrogen) atoms. The van der Waals surface area contributed by atoms with Gasteiger partial charge >= 0.3 is 5.97 Å². The molecular formula is C11H12O4. The number of benzene rings is 1. The van der Waals surface area contributed by atoms with Gasteiger partial charge in [0.25, 0.3) is 0 Å². The molecule has 1 aromatic carbocycles. The summed E-state index contributed by atoms with van der Waals surface area (Å²) in [4.78, 5) is 10.9. The average Bonchev–Trinajstić information content (AvgIpc) is 2.27. The lowest BCUT2D eigenvalue weighted by Crippen LogP contribution is -2.12. The topological polar surface area (TPSA) is 55.8 Å². The van der Waals surface area contributed by atoms with Gasteiger partial charge in [0.05, 0.1) is 13.7 Å². The zero-order valence-electron chi connectivity index (χ0n) is 8.45. The second kappa shape index (κ2) is 3.81. The van der Waals surface area contributed by atoms with Crippen LogP contribution in [-0.2, 0) is 6.42 Å². The maximum absolute atomic E-state index is 10.9. The number of rotatable bonds is 2. The lowest BCUT2D eigenvalue weighted by atomic mass is 10.0. The Labute approximate surface area is 87.4 Å². The number of hydrogen-bond donors (Lipinski definition) is 1. The van der Waals surface area contributed by atoms with E-state index in [1.54, 1.807) is 6.07 Å². The van der Waals surface area contributed by atoms with Gasteiger partial charge in [-0.2, -0.15) is 0 Å². The lowest BCUT2D eigenvalue weighted by Gasteiger charge is -2.20. The zero-order chi connectivity index (χ0) is 10.8. The van der Waals surface area contributed by atoms with Crippen molar-refractivity contribution >= 4 is 5.97 Å². The van der Waals surface area contributed by atoms with Crippen LogP contribution in [0.15, 0.2) is 12.1 Å². The second-order valence-corrected chi connectivity index (χ2v) is 3.38. The number of carboxylic acid groups (broad SMARTS) is 1. The van der Waals surface area contributed by atoms with Crippen LogP contribution >= 0.6 is 0 Å². The molecule has 1 N–H and O–H groups in total. The van der Waals surface area contributed by atoms with Gasteiger partial charge in [-0.1, -0.05) is 0 Å². The molecule has 0 aromatic heterocycles. The summed E-state index contributed by atoms with van der Waals surface area (Å²) in [6.07, 6.45) is 1.70. The van der Waals surface area contributed by atoms with Crippen LogP contribution in [0.1, 0.15) is 22.3 Å². The van der Waals surface area contributed by atoms with E-state index in [0.717, 1.165) is 24.2 Å². The summed E-state index contributed by atoms with van der Waals surface area (Å²) in [6, 6.07) is 3.21. The first kappa shape index (κ1) is 9.83. The first-order chi connectivity index (χ1) is 7.24. The molecule has 1 heterocycles. The summed E-state index contributed by atoms with van der Waals surface area (Å²) in [5, 5.41) is 8.98. The number of carboxylic acids is 1. The molecular weight excluding hydrogens is 196 g/mol. The fourth-order valence-corrected chi connectivity index (χ4v) is 1.81. The molecule has 4 heteroatoms. The van der Waals surface area contributed by atoms with Crippen LogP contribution in [0, 0.1) is 0 Å². The van der Waals surface area contributed by atoms with E-state index in [1.165, 1.54) is 13.2 Å². The Kier molecular flexibility index (Phi) is 2.49. The first-order valence-corrected chi connectivity index (χ1v) is 4.80. The fraction of sp³-hybridized carbons (Fsp3) is 0.364. The summed E-state index contributed by atoms with van der Waals surface area (Å²) in [5.41, 5.74) is 1.06. The molecule has 1 aliphatic rings. The van der Waals surface area contributed by atoms with E-state index in [4.69, 9.17) is 14.6 Å². The highest BCUT2D eigenvalue weighted by Gasteiger charge is 2.21. The summed E-state index contributed by atoms with van der Waals surface area (Å²) in [5.74, 6) is 0.197. The molecule has 0 radical (unpaired) electrons. The highest BCUT2D eigenvalue weighted by atomic mass is 16.5. The van der Waals surface area contributed by atoms with Gasteiger partial charge in [0.15, 0.2) is 0 Å². The Morgan fingerprint density at radius 2 is 2.33 bits per heavy atom. The Bertz CT molecular complexity index is 398. The zero-order valence-corrected chi connectivity index (χ0v) is 8.45. The molecule has 0 bridgehead atoms. The minimum Gasteiger partial charge on any atom is -0.495 e. The van der Waals surface area contributed by atoms with Crippen LogP contribution in [0.5, 0.6) is 11.5 Å². The predicted octanol–water partition coefficient (Wildman–Crippen LogP) is 1.72. The van der Waals surface area contributed by atoms with Crippen molar-refractivity contribution in [3.05, 3.63) is 23.3 Å². The number of ether oxygens (including phenoxy) is 2. The number of carbonyl (C=O) groups is 1. The number of methoxy groups -OCH3 is 1. The highest BCUT2D eigenvalue weighted by molar-refractivity contribution is 5.92. The van der Waals surface area contributed by atoms with Crippen molar-refractivity contribution in [3.63, 3.8) is 0 Å². The Morgan fingerprint density at radius 1 is 1.53 bits per heavy atom. The molecule has 0 spiro atoms. The molecule has 80 valence electrons. The van der Waals surface area contributed by atoms with Crippen LogP contribution in [0.3, 0.4) is 0 Å². The molecule has 1 aromatic rings. The van der Waals surface area contributed by atoms with Gasteiger partial charge in [-0.15, -0.1) is 0 Å². The van der Waals surface area contributed by atoms with Gasteiger partial charge in [0, 0.05) is 5.56 Å². The van der Waals surface area contributed by atoms with E-state index < -0.39 is 5.97 Å². The largest absolute Gasteiger partial charge is 0.495 e. The lowest BCUT2D eigenvalue weighted by molar-refractivity contribution is 0.0693. The van der Waals surface area contributed by atoms with E-state index in [-0.39, 0.29) is 5.56 Å².